The van der Waals surface area contributed by atoms with Gasteiger partial charge in [0, 0.05) is 38.3 Å². The minimum Gasteiger partial charge on any atom is -0.396 e. The molecule has 1 N–H and O–H groups in total. The van der Waals surface area contributed by atoms with Crippen molar-refractivity contribution in [2.45, 2.75) is 13.0 Å². The molecule has 1 aromatic carbocycles. The van der Waals surface area contributed by atoms with Crippen LogP contribution < -0.4 is 0 Å². The summed E-state index contributed by atoms with van der Waals surface area (Å²) in [5.41, 5.74) is 0.907. The van der Waals surface area contributed by atoms with Gasteiger partial charge in [-0.2, -0.15) is 17.0 Å². The van der Waals surface area contributed by atoms with E-state index in [9.17, 15) is 8.42 Å². The first-order valence-electron chi connectivity index (χ1n) is 5.91. The summed E-state index contributed by atoms with van der Waals surface area (Å²) in [5.74, 6) is 0. The molecule has 0 unspecified atom stereocenters. The van der Waals surface area contributed by atoms with E-state index in [1.54, 1.807) is 7.05 Å². The second-order valence-electron chi connectivity index (χ2n) is 4.25. The fourth-order valence-electron chi connectivity index (χ4n) is 1.59. The Balaban J connectivity index is 2.76. The number of halogens is 1. The molecule has 0 atom stereocenters. The van der Waals surface area contributed by atoms with E-state index in [1.165, 1.54) is 15.7 Å². The maximum Gasteiger partial charge on any atom is 0.281 e. The highest BCUT2D eigenvalue weighted by atomic mass is 79.9. The number of nitrogens with zero attached hydrogens (tertiary/aromatic N) is 2. The maximum atomic E-state index is 12.2. The van der Waals surface area contributed by atoms with Crippen molar-refractivity contribution in [2.24, 2.45) is 0 Å². The van der Waals surface area contributed by atoms with E-state index in [0.29, 0.717) is 19.5 Å². The zero-order valence-electron chi connectivity index (χ0n) is 11.1. The predicted octanol–water partition coefficient (Wildman–Crippen LogP) is 1.44. The Kier molecular flexibility index (Phi) is 6.41. The molecule has 7 heteroatoms. The molecule has 0 aliphatic rings. The summed E-state index contributed by atoms with van der Waals surface area (Å²) in [7, 11) is -0.430. The highest BCUT2D eigenvalue weighted by Gasteiger charge is 2.23. The fourth-order valence-corrected chi connectivity index (χ4v) is 3.14. The zero-order valence-corrected chi connectivity index (χ0v) is 13.5. The largest absolute Gasteiger partial charge is 0.396 e. The highest BCUT2D eigenvalue weighted by molar-refractivity contribution is 9.10. The van der Waals surface area contributed by atoms with Crippen LogP contribution in [0.3, 0.4) is 0 Å². The molecule has 0 saturated carbocycles. The van der Waals surface area contributed by atoms with Crippen LogP contribution >= 0.6 is 15.9 Å². The molecular formula is C12H19BrN2O3S. The Morgan fingerprint density at radius 2 is 1.84 bits per heavy atom. The Morgan fingerprint density at radius 3 is 2.42 bits per heavy atom. The van der Waals surface area contributed by atoms with Crippen LogP contribution in [0.5, 0.6) is 0 Å². The summed E-state index contributed by atoms with van der Waals surface area (Å²) < 4.78 is 27.8. The maximum absolute atomic E-state index is 12.2. The van der Waals surface area contributed by atoms with Crippen molar-refractivity contribution >= 4 is 26.1 Å². The molecule has 0 bridgehead atoms. The Bertz CT molecular complexity index is 507. The fraction of sp³-hybridized carbons (Fsp3) is 0.500. The van der Waals surface area contributed by atoms with Crippen LogP contribution in [-0.2, 0) is 16.8 Å². The van der Waals surface area contributed by atoms with E-state index in [0.717, 1.165) is 10.0 Å². The minimum atomic E-state index is -3.49. The van der Waals surface area contributed by atoms with Crippen molar-refractivity contribution in [1.82, 2.24) is 8.61 Å². The van der Waals surface area contributed by atoms with Gasteiger partial charge in [0.05, 0.1) is 0 Å². The van der Waals surface area contributed by atoms with Gasteiger partial charge in [-0.1, -0.05) is 34.1 Å². The molecule has 108 valence electrons. The minimum absolute atomic E-state index is 0.0200. The van der Waals surface area contributed by atoms with Crippen molar-refractivity contribution in [2.75, 3.05) is 27.2 Å². The van der Waals surface area contributed by atoms with Crippen LogP contribution in [0.25, 0.3) is 0 Å². The van der Waals surface area contributed by atoms with E-state index in [2.05, 4.69) is 15.9 Å². The van der Waals surface area contributed by atoms with Crippen LogP contribution in [0.1, 0.15) is 12.0 Å². The molecule has 0 fully saturated rings. The molecule has 0 aromatic heterocycles. The van der Waals surface area contributed by atoms with Gasteiger partial charge in [-0.15, -0.1) is 0 Å². The number of hydrogen-bond donors (Lipinski definition) is 1. The van der Waals surface area contributed by atoms with Crippen LogP contribution in [0.2, 0.25) is 0 Å². The summed E-state index contributed by atoms with van der Waals surface area (Å²) in [5, 5.41) is 8.75. The third-order valence-corrected chi connectivity index (χ3v) is 5.43. The number of aliphatic hydroxyl groups excluding tert-OH is 1. The lowest BCUT2D eigenvalue weighted by Crippen LogP contribution is -2.39. The van der Waals surface area contributed by atoms with Crippen LogP contribution in [0.4, 0.5) is 0 Å². The summed E-state index contributed by atoms with van der Waals surface area (Å²) in [6.45, 7) is 0.583. The number of benzene rings is 1. The second-order valence-corrected chi connectivity index (χ2v) is 7.25. The number of hydrogen-bond acceptors (Lipinski definition) is 3. The second kappa shape index (κ2) is 7.35. The van der Waals surface area contributed by atoms with Gasteiger partial charge in [0.1, 0.15) is 0 Å². The predicted molar refractivity (Wildman–Crippen MR) is 78.9 cm³/mol. The van der Waals surface area contributed by atoms with E-state index in [4.69, 9.17) is 5.11 Å². The molecule has 0 radical (unpaired) electrons. The SMILES string of the molecule is CN(CCCO)S(=O)(=O)N(C)Cc1ccccc1Br. The lowest BCUT2D eigenvalue weighted by Gasteiger charge is -2.24. The number of rotatable bonds is 7. The summed E-state index contributed by atoms with van der Waals surface area (Å²) in [6, 6.07) is 7.51. The van der Waals surface area contributed by atoms with Gasteiger partial charge in [0.2, 0.25) is 0 Å². The van der Waals surface area contributed by atoms with Crippen molar-refractivity contribution in [3.05, 3.63) is 34.3 Å². The first-order chi connectivity index (χ1) is 8.89. The standard InChI is InChI=1S/C12H19BrN2O3S/c1-14(8-5-9-16)19(17,18)15(2)10-11-6-3-4-7-12(11)13/h3-4,6-7,16H,5,8-10H2,1-2H3. The monoisotopic (exact) mass is 350 g/mol. The smallest absolute Gasteiger partial charge is 0.281 e. The van der Waals surface area contributed by atoms with E-state index in [-0.39, 0.29) is 6.61 Å². The normalized spacial score (nSPS) is 12.3. The zero-order chi connectivity index (χ0) is 14.5. The lowest BCUT2D eigenvalue weighted by atomic mass is 10.2. The molecule has 0 spiro atoms. The van der Waals surface area contributed by atoms with Crippen LogP contribution in [-0.4, -0.2) is 49.4 Å². The molecule has 0 aliphatic heterocycles. The third kappa shape index (κ3) is 4.54. The molecule has 0 saturated heterocycles. The van der Waals surface area contributed by atoms with Gasteiger partial charge in [-0.05, 0) is 18.1 Å². The Morgan fingerprint density at radius 1 is 1.21 bits per heavy atom. The average molecular weight is 351 g/mol. The van der Waals surface area contributed by atoms with Crippen molar-refractivity contribution < 1.29 is 13.5 Å². The first-order valence-corrected chi connectivity index (χ1v) is 8.10. The van der Waals surface area contributed by atoms with Crippen molar-refractivity contribution in [3.8, 4) is 0 Å². The molecule has 0 heterocycles. The van der Waals surface area contributed by atoms with E-state index < -0.39 is 10.2 Å². The molecule has 1 rings (SSSR count). The molecule has 0 aliphatic carbocycles. The Hall–Kier alpha value is -0.470. The first kappa shape index (κ1) is 16.6. The van der Waals surface area contributed by atoms with Crippen LogP contribution in [0, 0.1) is 0 Å². The third-order valence-electron chi connectivity index (χ3n) is 2.77. The molecule has 19 heavy (non-hydrogen) atoms. The summed E-state index contributed by atoms with van der Waals surface area (Å²) >= 11 is 3.40. The lowest BCUT2D eigenvalue weighted by molar-refractivity contribution is 0.272. The summed E-state index contributed by atoms with van der Waals surface area (Å²) in [6.07, 6.45) is 0.429. The van der Waals surface area contributed by atoms with E-state index in [1.807, 2.05) is 24.3 Å². The van der Waals surface area contributed by atoms with Gasteiger partial charge >= 0.3 is 0 Å². The topological polar surface area (TPSA) is 60.9 Å². The van der Waals surface area contributed by atoms with Gasteiger partial charge < -0.3 is 5.11 Å². The quantitative estimate of drug-likeness (QED) is 0.809. The number of aliphatic hydroxyl groups is 1. The molecular weight excluding hydrogens is 332 g/mol. The van der Waals surface area contributed by atoms with Crippen LogP contribution in [0.15, 0.2) is 28.7 Å². The highest BCUT2D eigenvalue weighted by Crippen LogP contribution is 2.19. The van der Waals surface area contributed by atoms with Gasteiger partial charge in [-0.25, -0.2) is 0 Å². The molecule has 0 amide bonds. The van der Waals surface area contributed by atoms with Gasteiger partial charge in [-0.3, -0.25) is 0 Å². The van der Waals surface area contributed by atoms with Crippen molar-refractivity contribution in [3.63, 3.8) is 0 Å². The average Bonchev–Trinajstić information content (AvgIpc) is 2.38. The van der Waals surface area contributed by atoms with Gasteiger partial charge in [0.15, 0.2) is 0 Å². The Labute approximate surface area is 123 Å². The van der Waals surface area contributed by atoms with Crippen molar-refractivity contribution in [1.29, 1.82) is 0 Å². The molecule has 5 nitrogen and oxygen atoms in total. The summed E-state index contributed by atoms with van der Waals surface area (Å²) in [4.78, 5) is 0. The van der Waals surface area contributed by atoms with Gasteiger partial charge in [0.25, 0.3) is 10.2 Å². The van der Waals surface area contributed by atoms with E-state index >= 15 is 0 Å². The molecule has 1 aromatic rings.